The summed E-state index contributed by atoms with van der Waals surface area (Å²) >= 11 is 0. The van der Waals surface area contributed by atoms with Gasteiger partial charge in [0.15, 0.2) is 22.7 Å². The minimum absolute atomic E-state index is 0.444. The molecule has 55 heavy (non-hydrogen) atoms. The van der Waals surface area contributed by atoms with Crippen LogP contribution in [-0.2, 0) is 0 Å². The van der Waals surface area contributed by atoms with Crippen molar-refractivity contribution in [3.05, 3.63) is 81.2 Å². The molecule has 0 spiro atoms. The van der Waals surface area contributed by atoms with Gasteiger partial charge in [-0.25, -0.2) is 0 Å². The lowest BCUT2D eigenvalue weighted by Gasteiger charge is -2.19. The molecule has 1 aliphatic heterocycles. The van der Waals surface area contributed by atoms with Gasteiger partial charge in [0, 0.05) is 30.2 Å². The highest BCUT2D eigenvalue weighted by atomic mass is 16.7. The van der Waals surface area contributed by atoms with Crippen molar-refractivity contribution in [2.75, 3.05) is 0 Å². The normalized spacial score (nSPS) is 12.5. The molecule has 0 bridgehead atoms. The fourth-order valence-corrected chi connectivity index (χ4v) is 6.90. The Labute approximate surface area is 336 Å². The average molecular weight is 759 g/mol. The van der Waals surface area contributed by atoms with Crippen LogP contribution in [0.3, 0.4) is 0 Å². The van der Waals surface area contributed by atoms with Crippen molar-refractivity contribution < 1.29 is 18.5 Å². The topological polar surface area (TPSA) is 70.5 Å². The van der Waals surface area contributed by atoms with Crippen LogP contribution in [0, 0.1) is 13.8 Å². The quantitative estimate of drug-likeness (QED) is 0.172. The molecule has 0 amide bonds. The van der Waals surface area contributed by atoms with Crippen molar-refractivity contribution in [3.8, 4) is 11.5 Å². The monoisotopic (exact) mass is 759 g/mol. The standard InChI is InChI=1S/C15H22O2.2C14H19NO.3C2H6/c1-9(2)11-7-8-12-14(13(11)10(3)4)17-15(5,6)16-12;1-8(2)11-6-13-10(5)15-16-14(13)7-12(11)9(3)4;1-8(2)11-6-7-12-14(10(5)15-16-12)13(11)9(3)4;3*1-2/h7-10H,1-6H3;2*6-9H,1-5H3;3*1-2H3. The smallest absolute Gasteiger partial charge is 0.246 e. The Kier molecular flexibility index (Phi) is 19.8. The first-order valence-corrected chi connectivity index (χ1v) is 21.2. The van der Waals surface area contributed by atoms with Crippen LogP contribution in [0.4, 0.5) is 0 Å². The third-order valence-corrected chi connectivity index (χ3v) is 9.28. The second kappa shape index (κ2) is 22.1. The van der Waals surface area contributed by atoms with Crippen molar-refractivity contribution in [1.82, 2.24) is 10.3 Å². The molecule has 0 saturated carbocycles. The maximum atomic E-state index is 5.96. The second-order valence-electron chi connectivity index (χ2n) is 15.9. The molecule has 5 aromatic rings. The first-order chi connectivity index (χ1) is 25.8. The number of benzene rings is 3. The van der Waals surface area contributed by atoms with E-state index < -0.39 is 5.79 Å². The molecular formula is C49H78N2O4. The zero-order valence-corrected chi connectivity index (χ0v) is 39.0. The van der Waals surface area contributed by atoms with Crippen molar-refractivity contribution in [1.29, 1.82) is 0 Å². The summed E-state index contributed by atoms with van der Waals surface area (Å²) in [6, 6.07) is 12.8. The predicted octanol–water partition coefficient (Wildman–Crippen LogP) is 16.3. The van der Waals surface area contributed by atoms with Gasteiger partial charge in [-0.2, -0.15) is 0 Å². The van der Waals surface area contributed by atoms with E-state index >= 15 is 0 Å². The molecule has 0 fully saturated rings. The highest BCUT2D eigenvalue weighted by Gasteiger charge is 2.35. The molecule has 0 unspecified atom stereocenters. The Bertz CT molecular complexity index is 1880. The van der Waals surface area contributed by atoms with E-state index in [0.29, 0.717) is 35.5 Å². The Morgan fingerprint density at radius 1 is 0.473 bits per heavy atom. The molecule has 308 valence electrons. The van der Waals surface area contributed by atoms with Crippen molar-refractivity contribution in [2.45, 2.75) is 194 Å². The van der Waals surface area contributed by atoms with Gasteiger partial charge in [-0.1, -0.05) is 147 Å². The number of hydrogen-bond acceptors (Lipinski definition) is 6. The van der Waals surface area contributed by atoms with Gasteiger partial charge in [0.2, 0.25) is 5.79 Å². The number of rotatable bonds is 6. The van der Waals surface area contributed by atoms with Gasteiger partial charge < -0.3 is 18.5 Å². The zero-order chi connectivity index (χ0) is 42.5. The van der Waals surface area contributed by atoms with E-state index in [9.17, 15) is 0 Å². The summed E-state index contributed by atoms with van der Waals surface area (Å²) in [6.45, 7) is 46.6. The van der Waals surface area contributed by atoms with Gasteiger partial charge in [-0.3, -0.25) is 0 Å². The summed E-state index contributed by atoms with van der Waals surface area (Å²) in [7, 11) is 0. The molecule has 6 heteroatoms. The fourth-order valence-electron chi connectivity index (χ4n) is 6.90. The SMILES string of the molecule is CC.CC.CC.CC(C)c1ccc2c(c1C(C)C)OC(C)(C)O2.Cc1noc2cc(C(C)C)c(C(C)C)cc12.Cc1noc2ccc(C(C)C)c(C(C)C)c12. The molecular weight excluding hydrogens is 681 g/mol. The third kappa shape index (κ3) is 12.1. The van der Waals surface area contributed by atoms with Crippen LogP contribution in [0.15, 0.2) is 45.4 Å². The van der Waals surface area contributed by atoms with E-state index in [4.69, 9.17) is 18.5 Å². The lowest BCUT2D eigenvalue weighted by Crippen LogP contribution is -2.30. The first-order valence-electron chi connectivity index (χ1n) is 21.2. The molecule has 2 aromatic heterocycles. The molecule has 0 radical (unpaired) electrons. The molecule has 6 nitrogen and oxygen atoms in total. The molecule has 0 atom stereocenters. The highest BCUT2D eigenvalue weighted by molar-refractivity contribution is 5.85. The van der Waals surface area contributed by atoms with Crippen LogP contribution in [0.5, 0.6) is 11.5 Å². The second-order valence-corrected chi connectivity index (χ2v) is 15.9. The summed E-state index contributed by atoms with van der Waals surface area (Å²) in [6.07, 6.45) is 0. The van der Waals surface area contributed by atoms with E-state index in [2.05, 4.69) is 118 Å². The number of fused-ring (bicyclic) bond motifs is 3. The lowest BCUT2D eigenvalue weighted by molar-refractivity contribution is -0.0435. The molecule has 1 aliphatic rings. The molecule has 6 rings (SSSR count). The van der Waals surface area contributed by atoms with Crippen LogP contribution in [0.25, 0.3) is 21.9 Å². The van der Waals surface area contributed by atoms with Crippen molar-refractivity contribution in [3.63, 3.8) is 0 Å². The van der Waals surface area contributed by atoms with E-state index in [-0.39, 0.29) is 0 Å². The molecule has 0 saturated heterocycles. The minimum Gasteiger partial charge on any atom is -0.449 e. The highest BCUT2D eigenvalue weighted by Crippen LogP contribution is 2.47. The average Bonchev–Trinajstić information content (AvgIpc) is 3.81. The van der Waals surface area contributed by atoms with E-state index in [1.165, 1.54) is 38.8 Å². The van der Waals surface area contributed by atoms with E-state index in [0.717, 1.165) is 39.4 Å². The number of ether oxygens (including phenoxy) is 2. The van der Waals surface area contributed by atoms with Crippen LogP contribution in [0.1, 0.15) is 219 Å². The predicted molar refractivity (Wildman–Crippen MR) is 238 cm³/mol. The van der Waals surface area contributed by atoms with E-state index in [1.807, 2.05) is 81.4 Å². The number of hydrogen-bond donors (Lipinski definition) is 0. The van der Waals surface area contributed by atoms with Crippen LogP contribution in [-0.4, -0.2) is 16.1 Å². The summed E-state index contributed by atoms with van der Waals surface area (Å²) in [5.41, 5.74) is 12.0. The Morgan fingerprint density at radius 2 is 0.909 bits per heavy atom. The largest absolute Gasteiger partial charge is 0.449 e. The number of aryl methyl sites for hydroxylation is 2. The van der Waals surface area contributed by atoms with Gasteiger partial charge >= 0.3 is 0 Å². The van der Waals surface area contributed by atoms with Gasteiger partial charge in [-0.05, 0) is 101 Å². The van der Waals surface area contributed by atoms with Crippen LogP contribution >= 0.6 is 0 Å². The van der Waals surface area contributed by atoms with Gasteiger partial charge in [0.1, 0.15) is 0 Å². The van der Waals surface area contributed by atoms with Crippen molar-refractivity contribution >= 4 is 21.9 Å². The summed E-state index contributed by atoms with van der Waals surface area (Å²) in [4.78, 5) is 0. The summed E-state index contributed by atoms with van der Waals surface area (Å²) < 4.78 is 22.4. The number of nitrogens with zero attached hydrogens (tertiary/aromatic N) is 2. The minimum atomic E-state index is -0.540. The fraction of sp³-hybridized carbons (Fsp3) is 0.592. The Morgan fingerprint density at radius 3 is 1.40 bits per heavy atom. The maximum Gasteiger partial charge on any atom is 0.246 e. The molecule has 0 aliphatic carbocycles. The Hall–Kier alpha value is -3.80. The molecule has 0 N–H and O–H groups in total. The lowest BCUT2D eigenvalue weighted by atomic mass is 9.87. The van der Waals surface area contributed by atoms with Crippen molar-refractivity contribution in [2.24, 2.45) is 0 Å². The molecule has 3 heterocycles. The third-order valence-electron chi connectivity index (χ3n) is 9.28. The molecule has 3 aromatic carbocycles. The van der Waals surface area contributed by atoms with Gasteiger partial charge in [-0.15, -0.1) is 0 Å². The van der Waals surface area contributed by atoms with E-state index in [1.54, 1.807) is 0 Å². The van der Waals surface area contributed by atoms with Crippen LogP contribution < -0.4 is 9.47 Å². The summed E-state index contributed by atoms with van der Waals surface area (Å²) in [5.74, 6) is 4.32. The maximum absolute atomic E-state index is 5.96. The van der Waals surface area contributed by atoms with Gasteiger partial charge in [0.05, 0.1) is 11.4 Å². The Balaban J connectivity index is 0.000000386. The van der Waals surface area contributed by atoms with Crippen LogP contribution in [0.2, 0.25) is 0 Å². The van der Waals surface area contributed by atoms with Gasteiger partial charge in [0.25, 0.3) is 0 Å². The zero-order valence-electron chi connectivity index (χ0n) is 39.0. The summed E-state index contributed by atoms with van der Waals surface area (Å²) in [5, 5.41) is 10.4. The first kappa shape index (κ1) is 49.2. The number of aromatic nitrogens is 2.